The zero-order chi connectivity index (χ0) is 27.9. The highest BCUT2D eigenvalue weighted by Gasteiger charge is 2.54. The Hall–Kier alpha value is -4.47. The van der Waals surface area contributed by atoms with Crippen molar-refractivity contribution in [3.05, 3.63) is 74.0 Å². The number of Topliss-reactive ketones (excluding diaryl/α,β-unsaturated/α-hetero) is 2. The molecule has 0 aromatic heterocycles. The first-order chi connectivity index (χ1) is 18.1. The maximum atomic E-state index is 13.3. The molecule has 4 rings (SSSR count). The third-order valence-corrected chi connectivity index (χ3v) is 7.25. The van der Waals surface area contributed by atoms with Crippen LogP contribution >= 0.6 is 0 Å². The normalized spacial score (nSPS) is 18.0. The first kappa shape index (κ1) is 26.6. The molecule has 2 aromatic rings. The van der Waals surface area contributed by atoms with Gasteiger partial charge in [0.05, 0.1) is 38.9 Å². The quantitative estimate of drug-likeness (QED) is 0.157. The number of carbonyl (C=O) groups excluding carboxylic acids is 3. The molecule has 1 unspecified atom stereocenters. The van der Waals surface area contributed by atoms with Gasteiger partial charge in [0, 0.05) is 17.4 Å². The minimum absolute atomic E-state index is 0.0158. The van der Waals surface area contributed by atoms with Gasteiger partial charge in [-0.15, -0.1) is 0 Å². The molecule has 198 valence electrons. The lowest BCUT2D eigenvalue weighted by atomic mass is 9.67. The van der Waals surface area contributed by atoms with Crippen LogP contribution in [0.3, 0.4) is 0 Å². The first-order valence-corrected chi connectivity index (χ1v) is 11.9. The molecule has 0 radical (unpaired) electrons. The summed E-state index contributed by atoms with van der Waals surface area (Å²) in [6.07, 6.45) is 1.58. The third kappa shape index (κ3) is 3.59. The maximum absolute atomic E-state index is 13.3. The number of fused-ring (bicyclic) bond motifs is 3. The van der Waals surface area contributed by atoms with Gasteiger partial charge >= 0.3 is 11.5 Å². The van der Waals surface area contributed by atoms with Crippen LogP contribution in [0.1, 0.15) is 53.7 Å². The minimum Gasteiger partial charge on any atom is -0.493 e. The summed E-state index contributed by atoms with van der Waals surface area (Å²) in [5.41, 5.74) is -0.167. The molecule has 0 bridgehead atoms. The SMILES string of the molecule is CCC(=O)c1cc(OC)c(OC)cc1C1(CC)C2=CC(=O)C(=O)C([N+](=O)[O-])=C2c2cc(OC)c(OC)cc21. The average Bonchev–Trinajstić information content (AvgIpc) is 3.19. The number of methoxy groups -OCH3 is 4. The molecule has 1 atom stereocenters. The van der Waals surface area contributed by atoms with Gasteiger partial charge in [-0.3, -0.25) is 24.5 Å². The molecule has 0 amide bonds. The van der Waals surface area contributed by atoms with Gasteiger partial charge in [0.25, 0.3) is 0 Å². The topological polar surface area (TPSA) is 131 Å². The van der Waals surface area contributed by atoms with E-state index in [4.69, 9.17) is 18.9 Å². The van der Waals surface area contributed by atoms with Crippen molar-refractivity contribution in [2.24, 2.45) is 0 Å². The van der Waals surface area contributed by atoms with E-state index in [1.807, 2.05) is 6.92 Å². The predicted octanol–water partition coefficient (Wildman–Crippen LogP) is 4.09. The van der Waals surface area contributed by atoms with Gasteiger partial charge in [0.1, 0.15) is 0 Å². The van der Waals surface area contributed by atoms with E-state index in [0.29, 0.717) is 39.5 Å². The zero-order valence-electron chi connectivity index (χ0n) is 21.9. The van der Waals surface area contributed by atoms with E-state index in [1.54, 1.807) is 31.2 Å². The second-order valence-corrected chi connectivity index (χ2v) is 8.77. The van der Waals surface area contributed by atoms with Crippen molar-refractivity contribution in [3.63, 3.8) is 0 Å². The van der Waals surface area contributed by atoms with Crippen LogP contribution in [0, 0.1) is 10.1 Å². The lowest BCUT2D eigenvalue weighted by Crippen LogP contribution is -2.32. The van der Waals surface area contributed by atoms with Crippen molar-refractivity contribution in [1.29, 1.82) is 0 Å². The lowest BCUT2D eigenvalue weighted by Gasteiger charge is -2.34. The Kier molecular flexibility index (Phi) is 6.84. The maximum Gasteiger partial charge on any atom is 0.328 e. The number of nitro groups is 1. The van der Waals surface area contributed by atoms with Crippen LogP contribution in [0.5, 0.6) is 23.0 Å². The summed E-state index contributed by atoms with van der Waals surface area (Å²) in [4.78, 5) is 50.3. The molecule has 0 spiro atoms. The fourth-order valence-corrected chi connectivity index (χ4v) is 5.51. The number of ether oxygens (including phenoxy) is 4. The van der Waals surface area contributed by atoms with Crippen LogP contribution in [0.15, 0.2) is 41.6 Å². The highest BCUT2D eigenvalue weighted by molar-refractivity contribution is 6.50. The molecule has 0 saturated carbocycles. The van der Waals surface area contributed by atoms with E-state index >= 15 is 0 Å². The summed E-state index contributed by atoms with van der Waals surface area (Å²) < 4.78 is 22.0. The molecular formula is C28H27NO9. The molecule has 0 heterocycles. The predicted molar refractivity (Wildman–Crippen MR) is 137 cm³/mol. The Bertz CT molecular complexity index is 1470. The van der Waals surface area contributed by atoms with Gasteiger partial charge < -0.3 is 18.9 Å². The van der Waals surface area contributed by atoms with Crippen molar-refractivity contribution in [2.75, 3.05) is 28.4 Å². The number of hydrogen-bond acceptors (Lipinski definition) is 9. The second kappa shape index (κ2) is 9.77. The zero-order valence-corrected chi connectivity index (χ0v) is 21.9. The fourth-order valence-electron chi connectivity index (χ4n) is 5.51. The van der Waals surface area contributed by atoms with Crippen LogP contribution in [0.4, 0.5) is 0 Å². The van der Waals surface area contributed by atoms with E-state index in [9.17, 15) is 24.5 Å². The van der Waals surface area contributed by atoms with Crippen LogP contribution < -0.4 is 18.9 Å². The molecule has 2 aliphatic rings. The number of carbonyl (C=O) groups is 3. The second-order valence-electron chi connectivity index (χ2n) is 8.77. The summed E-state index contributed by atoms with van der Waals surface area (Å²) in [7, 11) is 5.79. The van der Waals surface area contributed by atoms with E-state index in [2.05, 4.69) is 0 Å². The minimum atomic E-state index is -1.25. The monoisotopic (exact) mass is 521 g/mol. The Morgan fingerprint density at radius 3 is 1.89 bits per heavy atom. The molecule has 0 saturated heterocycles. The number of hydrogen-bond donors (Lipinski definition) is 0. The molecule has 2 aromatic carbocycles. The van der Waals surface area contributed by atoms with Gasteiger partial charge in [0.15, 0.2) is 28.8 Å². The van der Waals surface area contributed by atoms with E-state index in [-0.39, 0.29) is 35.5 Å². The Morgan fingerprint density at radius 2 is 1.39 bits per heavy atom. The summed E-state index contributed by atoms with van der Waals surface area (Å²) in [5.74, 6) is -1.14. The van der Waals surface area contributed by atoms with Crippen LogP contribution in [-0.4, -0.2) is 50.7 Å². The number of benzene rings is 2. The van der Waals surface area contributed by atoms with Gasteiger partial charge in [-0.05, 0) is 59.0 Å². The molecule has 10 heteroatoms. The Balaban J connectivity index is 2.27. The Labute approximate surface area is 219 Å². The highest BCUT2D eigenvalue weighted by Crippen LogP contribution is 2.60. The van der Waals surface area contributed by atoms with Gasteiger partial charge in [-0.1, -0.05) is 13.8 Å². The summed E-state index contributed by atoms with van der Waals surface area (Å²) >= 11 is 0. The van der Waals surface area contributed by atoms with Crippen molar-refractivity contribution in [1.82, 2.24) is 0 Å². The number of allylic oxidation sites excluding steroid dienone is 4. The first-order valence-electron chi connectivity index (χ1n) is 11.9. The Morgan fingerprint density at radius 1 is 0.868 bits per heavy atom. The lowest BCUT2D eigenvalue weighted by molar-refractivity contribution is -0.417. The smallest absolute Gasteiger partial charge is 0.328 e. The van der Waals surface area contributed by atoms with E-state index < -0.39 is 27.6 Å². The summed E-state index contributed by atoms with van der Waals surface area (Å²) in [6, 6.07) is 6.46. The molecule has 2 aliphatic carbocycles. The van der Waals surface area contributed by atoms with Crippen LogP contribution in [-0.2, 0) is 15.0 Å². The standard InChI is InChI=1S/C28H27NO9/c1-7-19(30)14-9-21(35-3)23(37-5)12-16(14)28(8-2)17-13-24(38-6)22(36-4)10-15(17)25-18(28)11-20(31)27(32)26(25)29(33)34/h9-13H,7-8H2,1-6H3. The van der Waals surface area contributed by atoms with Gasteiger partial charge in [-0.2, -0.15) is 0 Å². The largest absolute Gasteiger partial charge is 0.493 e. The van der Waals surface area contributed by atoms with Crippen molar-refractivity contribution in [2.45, 2.75) is 32.1 Å². The summed E-state index contributed by atoms with van der Waals surface area (Å²) in [6.45, 7) is 3.56. The highest BCUT2D eigenvalue weighted by atomic mass is 16.6. The molecule has 10 nitrogen and oxygen atoms in total. The number of nitrogens with zero attached hydrogens (tertiary/aromatic N) is 1. The molecule has 0 N–H and O–H groups in total. The number of rotatable bonds is 9. The van der Waals surface area contributed by atoms with Crippen molar-refractivity contribution in [3.8, 4) is 23.0 Å². The third-order valence-electron chi connectivity index (χ3n) is 7.25. The van der Waals surface area contributed by atoms with Crippen molar-refractivity contribution < 1.29 is 38.3 Å². The number of ketones is 3. The average molecular weight is 522 g/mol. The molecule has 0 fully saturated rings. The fraction of sp³-hybridized carbons (Fsp3) is 0.321. The van der Waals surface area contributed by atoms with Crippen LogP contribution in [0.2, 0.25) is 0 Å². The van der Waals surface area contributed by atoms with Gasteiger partial charge in [-0.25, -0.2) is 0 Å². The van der Waals surface area contributed by atoms with E-state index in [1.165, 1.54) is 28.4 Å². The molecule has 38 heavy (non-hydrogen) atoms. The molecular weight excluding hydrogens is 494 g/mol. The van der Waals surface area contributed by atoms with E-state index in [0.717, 1.165) is 6.08 Å². The van der Waals surface area contributed by atoms with Crippen molar-refractivity contribution >= 4 is 22.9 Å². The van der Waals surface area contributed by atoms with Crippen LogP contribution in [0.25, 0.3) is 5.57 Å². The van der Waals surface area contributed by atoms with Gasteiger partial charge in [0.2, 0.25) is 5.78 Å². The molecule has 0 aliphatic heterocycles. The summed E-state index contributed by atoms with van der Waals surface area (Å²) in [5, 5.41) is 12.2.